The van der Waals surface area contributed by atoms with Crippen molar-refractivity contribution < 1.29 is 34.1 Å². The van der Waals surface area contributed by atoms with Crippen LogP contribution in [0.4, 0.5) is 0 Å². The molecular formula is C24H32N4O7. The largest absolute Gasteiger partial charge is 0.480 e. The monoisotopic (exact) mass is 488 g/mol. The van der Waals surface area contributed by atoms with Gasteiger partial charge in [0, 0.05) is 25.9 Å². The highest BCUT2D eigenvalue weighted by atomic mass is 16.6. The second-order valence-electron chi connectivity index (χ2n) is 9.14. The summed E-state index contributed by atoms with van der Waals surface area (Å²) in [7, 11) is 0. The number of carboxylic acid groups (broad SMARTS) is 2. The van der Waals surface area contributed by atoms with Gasteiger partial charge in [-0.2, -0.15) is 5.10 Å². The third-order valence-electron chi connectivity index (χ3n) is 6.56. The zero-order chi connectivity index (χ0) is 24.7. The first-order valence-electron chi connectivity index (χ1n) is 11.9. The summed E-state index contributed by atoms with van der Waals surface area (Å²) in [5, 5.41) is 29.0. The van der Waals surface area contributed by atoms with Crippen LogP contribution >= 0.6 is 0 Å². The standard InChI is InChI=1S/C24H32N4O7/c29-22(30)16-27-7-5-24(6-8-27,34-17-23(31)32)14-20-13-21(26-35-20)19-3-1-18(2-4-19)15-25-28-9-11-33-12-10-28/h1-4,15,20H,5-14,16-17H2,(H,29,30)(H,31,32)/b25-15+. The summed E-state index contributed by atoms with van der Waals surface area (Å²) in [4.78, 5) is 29.7. The number of carboxylic acids is 2. The lowest BCUT2D eigenvalue weighted by Gasteiger charge is -2.41. The minimum Gasteiger partial charge on any atom is -0.480 e. The van der Waals surface area contributed by atoms with Gasteiger partial charge in [-0.05, 0) is 24.0 Å². The lowest BCUT2D eigenvalue weighted by atomic mass is 9.84. The Labute approximate surface area is 203 Å². The van der Waals surface area contributed by atoms with Crippen molar-refractivity contribution in [3.8, 4) is 0 Å². The van der Waals surface area contributed by atoms with Crippen molar-refractivity contribution in [1.82, 2.24) is 9.91 Å². The summed E-state index contributed by atoms with van der Waals surface area (Å²) in [6.45, 7) is 3.60. The Bertz CT molecular complexity index is 936. The Morgan fingerprint density at radius 3 is 2.49 bits per heavy atom. The van der Waals surface area contributed by atoms with Gasteiger partial charge < -0.3 is 24.5 Å². The molecular weight excluding hydrogens is 456 g/mol. The van der Waals surface area contributed by atoms with Crippen LogP contribution in [0.2, 0.25) is 0 Å². The predicted octanol–water partition coefficient (Wildman–Crippen LogP) is 1.26. The van der Waals surface area contributed by atoms with Crippen molar-refractivity contribution in [3.63, 3.8) is 0 Å². The third kappa shape index (κ3) is 7.23. The van der Waals surface area contributed by atoms with Gasteiger partial charge in [-0.3, -0.25) is 14.7 Å². The van der Waals surface area contributed by atoms with Gasteiger partial charge in [0.2, 0.25) is 0 Å². The molecule has 0 bridgehead atoms. The maximum atomic E-state index is 11.1. The van der Waals surface area contributed by atoms with Gasteiger partial charge in [0.25, 0.3) is 0 Å². The smallest absolute Gasteiger partial charge is 0.329 e. The molecule has 1 atom stereocenters. The number of nitrogens with zero attached hydrogens (tertiary/aromatic N) is 4. The average Bonchev–Trinajstić information content (AvgIpc) is 3.32. The molecule has 3 aliphatic heterocycles. The van der Waals surface area contributed by atoms with Gasteiger partial charge in [0.1, 0.15) is 12.7 Å². The van der Waals surface area contributed by atoms with Crippen molar-refractivity contribution in [2.45, 2.75) is 37.4 Å². The van der Waals surface area contributed by atoms with E-state index in [-0.39, 0.29) is 12.6 Å². The highest BCUT2D eigenvalue weighted by molar-refractivity contribution is 6.01. The Morgan fingerprint density at radius 1 is 1.11 bits per heavy atom. The molecule has 0 amide bonds. The molecule has 1 aromatic carbocycles. The summed E-state index contributed by atoms with van der Waals surface area (Å²) in [5.41, 5.74) is 2.12. The zero-order valence-corrected chi connectivity index (χ0v) is 19.7. The number of aliphatic carboxylic acids is 2. The summed E-state index contributed by atoms with van der Waals surface area (Å²) >= 11 is 0. The van der Waals surface area contributed by atoms with Crippen LogP contribution in [-0.4, -0.2) is 108 Å². The van der Waals surface area contributed by atoms with Crippen molar-refractivity contribution >= 4 is 23.9 Å². The van der Waals surface area contributed by atoms with Crippen LogP contribution in [0.3, 0.4) is 0 Å². The number of carbonyl (C=O) groups is 2. The van der Waals surface area contributed by atoms with Gasteiger partial charge in [-0.25, -0.2) is 4.79 Å². The Morgan fingerprint density at radius 2 is 1.83 bits per heavy atom. The van der Waals surface area contributed by atoms with Crippen LogP contribution in [-0.2, 0) is 23.9 Å². The highest BCUT2D eigenvalue weighted by Crippen LogP contribution is 2.34. The average molecular weight is 489 g/mol. The molecule has 3 heterocycles. The lowest BCUT2D eigenvalue weighted by Crippen LogP contribution is -2.49. The Kier molecular flexibility index (Phi) is 8.32. The first kappa shape index (κ1) is 25.1. The molecule has 3 aliphatic rings. The molecule has 11 heteroatoms. The highest BCUT2D eigenvalue weighted by Gasteiger charge is 2.40. The number of rotatable bonds is 10. The van der Waals surface area contributed by atoms with E-state index in [4.69, 9.17) is 24.5 Å². The van der Waals surface area contributed by atoms with Crippen LogP contribution in [0.15, 0.2) is 34.5 Å². The van der Waals surface area contributed by atoms with E-state index in [1.807, 2.05) is 40.4 Å². The molecule has 2 N–H and O–H groups in total. The van der Waals surface area contributed by atoms with E-state index >= 15 is 0 Å². The number of benzene rings is 1. The first-order chi connectivity index (χ1) is 16.9. The minimum atomic E-state index is -1.03. The van der Waals surface area contributed by atoms with E-state index in [9.17, 15) is 9.59 Å². The predicted molar refractivity (Wildman–Crippen MR) is 127 cm³/mol. The van der Waals surface area contributed by atoms with Gasteiger partial charge in [0.05, 0.1) is 50.4 Å². The molecule has 2 fully saturated rings. The number of hydrogen-bond acceptors (Lipinski definition) is 9. The summed E-state index contributed by atoms with van der Waals surface area (Å²) < 4.78 is 11.2. The molecule has 4 rings (SSSR count). The molecule has 11 nitrogen and oxygen atoms in total. The fourth-order valence-electron chi connectivity index (χ4n) is 4.63. The van der Waals surface area contributed by atoms with Crippen molar-refractivity contribution in [3.05, 3.63) is 35.4 Å². The van der Waals surface area contributed by atoms with E-state index in [2.05, 4.69) is 10.3 Å². The van der Waals surface area contributed by atoms with E-state index < -0.39 is 24.1 Å². The van der Waals surface area contributed by atoms with Crippen LogP contribution in [0.1, 0.15) is 36.8 Å². The van der Waals surface area contributed by atoms with Gasteiger partial charge >= 0.3 is 11.9 Å². The first-order valence-corrected chi connectivity index (χ1v) is 11.9. The molecule has 35 heavy (non-hydrogen) atoms. The van der Waals surface area contributed by atoms with Crippen LogP contribution < -0.4 is 0 Å². The molecule has 0 radical (unpaired) electrons. The Balaban J connectivity index is 1.32. The number of piperidine rings is 1. The van der Waals surface area contributed by atoms with E-state index in [0.29, 0.717) is 52.0 Å². The van der Waals surface area contributed by atoms with Crippen LogP contribution in [0.25, 0.3) is 0 Å². The van der Waals surface area contributed by atoms with Gasteiger partial charge in [0.15, 0.2) is 0 Å². The number of likely N-dealkylation sites (tertiary alicyclic amines) is 1. The van der Waals surface area contributed by atoms with Gasteiger partial charge in [-0.1, -0.05) is 29.4 Å². The zero-order valence-electron chi connectivity index (χ0n) is 19.7. The summed E-state index contributed by atoms with van der Waals surface area (Å²) in [6, 6.07) is 7.97. The third-order valence-corrected chi connectivity index (χ3v) is 6.56. The minimum absolute atomic E-state index is 0.0324. The molecule has 0 saturated carbocycles. The number of hydrazone groups is 1. The van der Waals surface area contributed by atoms with E-state index in [1.165, 1.54) is 0 Å². The number of oxime groups is 1. The topological polar surface area (TPSA) is 133 Å². The van der Waals surface area contributed by atoms with Crippen molar-refractivity contribution in [1.29, 1.82) is 0 Å². The number of hydrogen-bond donors (Lipinski definition) is 2. The van der Waals surface area contributed by atoms with Crippen molar-refractivity contribution in [2.24, 2.45) is 10.3 Å². The molecule has 2 saturated heterocycles. The molecule has 1 unspecified atom stereocenters. The Hall–Kier alpha value is -3.02. The number of morpholine rings is 1. The normalized spacial score (nSPS) is 22.7. The van der Waals surface area contributed by atoms with Gasteiger partial charge in [-0.15, -0.1) is 0 Å². The van der Waals surface area contributed by atoms with E-state index in [1.54, 1.807) is 0 Å². The maximum absolute atomic E-state index is 11.1. The fraction of sp³-hybridized carbons (Fsp3) is 0.583. The SMILES string of the molecule is O=C(O)COC1(CC2CC(c3ccc(/C=N/N4CCOCC4)cc3)=NO2)CCN(CC(=O)O)CC1. The maximum Gasteiger partial charge on any atom is 0.329 e. The molecule has 190 valence electrons. The molecule has 1 aromatic rings. The molecule has 0 aromatic heterocycles. The quantitative estimate of drug-likeness (QED) is 0.467. The van der Waals surface area contributed by atoms with Crippen molar-refractivity contribution in [2.75, 3.05) is 52.5 Å². The van der Waals surface area contributed by atoms with Crippen LogP contribution in [0, 0.1) is 0 Å². The van der Waals surface area contributed by atoms with E-state index in [0.717, 1.165) is 29.9 Å². The fourth-order valence-corrected chi connectivity index (χ4v) is 4.63. The second kappa shape index (κ2) is 11.6. The molecule has 0 spiro atoms. The summed E-state index contributed by atoms with van der Waals surface area (Å²) in [6.07, 6.45) is 3.79. The second-order valence-corrected chi connectivity index (χ2v) is 9.14. The lowest BCUT2D eigenvalue weighted by molar-refractivity contribution is -0.159. The summed E-state index contributed by atoms with van der Waals surface area (Å²) in [5.74, 6) is -1.90. The molecule has 0 aliphatic carbocycles. The van der Waals surface area contributed by atoms with Crippen LogP contribution in [0.5, 0.6) is 0 Å². The number of ether oxygens (including phenoxy) is 2.